The van der Waals surface area contributed by atoms with Crippen LogP contribution in [0.4, 0.5) is 0 Å². The summed E-state index contributed by atoms with van der Waals surface area (Å²) in [6.07, 6.45) is 0. The number of nitrogens with zero attached hydrogens (tertiary/aromatic N) is 1. The number of benzene rings is 3. The van der Waals surface area contributed by atoms with Crippen molar-refractivity contribution in [2.24, 2.45) is 0 Å². The lowest BCUT2D eigenvalue weighted by atomic mass is 9.98. The van der Waals surface area contributed by atoms with Crippen molar-refractivity contribution in [3.05, 3.63) is 71.8 Å². The van der Waals surface area contributed by atoms with E-state index in [4.69, 9.17) is 14.2 Å². The van der Waals surface area contributed by atoms with E-state index in [0.717, 1.165) is 43.6 Å². The number of carbonyl (C=O) groups is 2. The predicted molar refractivity (Wildman–Crippen MR) is 128 cm³/mol. The third kappa shape index (κ3) is 2.37. The molecule has 0 radical (unpaired) electrons. The number of rotatable bonds is 3. The van der Waals surface area contributed by atoms with Gasteiger partial charge in [-0.3, -0.25) is 0 Å². The predicted octanol–water partition coefficient (Wildman–Crippen LogP) is 5.57. The van der Waals surface area contributed by atoms with Crippen molar-refractivity contribution in [2.45, 2.75) is 0 Å². The molecule has 0 unspecified atom stereocenters. The number of hydrogen-bond donors (Lipinski definition) is 0. The topological polar surface area (TPSA) is 66.2 Å². The summed E-state index contributed by atoms with van der Waals surface area (Å²) in [7, 11) is 4.29. The van der Waals surface area contributed by atoms with Crippen LogP contribution in [0.5, 0.6) is 5.75 Å². The lowest BCUT2D eigenvalue weighted by Crippen LogP contribution is -2.10. The Hall–Kier alpha value is -4.32. The second kappa shape index (κ2) is 6.84. The number of esters is 2. The second-order valence-electron chi connectivity index (χ2n) is 7.93. The van der Waals surface area contributed by atoms with Crippen molar-refractivity contribution in [1.29, 1.82) is 0 Å². The first kappa shape index (κ1) is 19.4. The van der Waals surface area contributed by atoms with Crippen molar-refractivity contribution in [3.8, 4) is 5.75 Å². The molecule has 0 N–H and O–H groups in total. The van der Waals surface area contributed by atoms with E-state index >= 15 is 0 Å². The highest BCUT2D eigenvalue weighted by Gasteiger charge is 2.32. The monoisotopic (exact) mass is 437 g/mol. The fourth-order valence-corrected chi connectivity index (χ4v) is 5.13. The number of methoxy groups -OCH3 is 3. The van der Waals surface area contributed by atoms with Gasteiger partial charge in [-0.05, 0) is 22.9 Å². The maximum Gasteiger partial charge on any atom is 0.340 e. The highest BCUT2D eigenvalue weighted by molar-refractivity contribution is 6.31. The van der Waals surface area contributed by atoms with Gasteiger partial charge in [-0.1, -0.05) is 48.5 Å². The van der Waals surface area contributed by atoms with Gasteiger partial charge in [-0.2, -0.15) is 0 Å². The Morgan fingerprint density at radius 3 is 1.42 bits per heavy atom. The first-order valence-electron chi connectivity index (χ1n) is 10.5. The van der Waals surface area contributed by atoms with Gasteiger partial charge < -0.3 is 18.6 Å². The third-order valence-electron chi connectivity index (χ3n) is 6.44. The van der Waals surface area contributed by atoms with E-state index in [-0.39, 0.29) is 11.1 Å². The Labute approximate surface area is 188 Å². The average molecular weight is 437 g/mol. The van der Waals surface area contributed by atoms with Crippen molar-refractivity contribution in [3.63, 3.8) is 0 Å². The van der Waals surface area contributed by atoms with E-state index in [2.05, 4.69) is 0 Å². The fourth-order valence-electron chi connectivity index (χ4n) is 5.13. The fraction of sp³-hybridized carbons (Fsp3) is 0.111. The molecule has 162 valence electrons. The normalized spacial score (nSPS) is 11.7. The lowest BCUT2D eigenvalue weighted by Gasteiger charge is -2.17. The molecule has 0 saturated heterocycles. The maximum absolute atomic E-state index is 13.1. The van der Waals surface area contributed by atoms with E-state index < -0.39 is 11.9 Å². The van der Waals surface area contributed by atoms with Gasteiger partial charge in [0.15, 0.2) is 0 Å². The molecule has 6 aromatic rings. The molecule has 0 spiro atoms. The standard InChI is InChI=1S/C27H19NO5/c1-31-14-12-19-15-8-4-6-10-17(15)24-21(26(29)32-2)22(27(30)33-3)25-18-11-7-5-9-16(18)20(13-14)23(19)28(24)25/h4-13H,1-3H3. The average Bonchev–Trinajstić information content (AvgIpc) is 3.24. The lowest BCUT2D eigenvalue weighted by molar-refractivity contribution is 0.0559. The first-order valence-corrected chi connectivity index (χ1v) is 10.5. The van der Waals surface area contributed by atoms with Crippen LogP contribution in [0, 0.1) is 0 Å². The van der Waals surface area contributed by atoms with Crippen molar-refractivity contribution < 1.29 is 23.8 Å². The molecule has 3 aromatic carbocycles. The molecule has 0 amide bonds. The van der Waals surface area contributed by atoms with Crippen LogP contribution in [0.3, 0.4) is 0 Å². The number of hydrogen-bond acceptors (Lipinski definition) is 5. The largest absolute Gasteiger partial charge is 0.497 e. The highest BCUT2D eigenvalue weighted by Crippen LogP contribution is 2.44. The summed E-state index contributed by atoms with van der Waals surface area (Å²) < 4.78 is 18.0. The number of ether oxygens (including phenoxy) is 3. The Kier molecular flexibility index (Phi) is 4.01. The summed E-state index contributed by atoms with van der Waals surface area (Å²) in [5.74, 6) is -0.440. The summed E-state index contributed by atoms with van der Waals surface area (Å²) in [5.41, 5.74) is 2.56. The quantitative estimate of drug-likeness (QED) is 0.206. The Bertz CT molecular complexity index is 1640. The zero-order valence-corrected chi connectivity index (χ0v) is 18.3. The molecule has 0 fully saturated rings. The number of fused-ring (bicyclic) bond motifs is 6. The molecule has 0 aliphatic heterocycles. The van der Waals surface area contributed by atoms with Gasteiger partial charge in [0, 0.05) is 21.5 Å². The van der Waals surface area contributed by atoms with Crippen LogP contribution in [0.1, 0.15) is 20.7 Å². The van der Waals surface area contributed by atoms with E-state index in [9.17, 15) is 9.59 Å². The molecule has 6 heteroatoms. The van der Waals surface area contributed by atoms with Crippen LogP contribution in [-0.2, 0) is 9.47 Å². The molecule has 0 atom stereocenters. The molecule has 0 bridgehead atoms. The molecular weight excluding hydrogens is 418 g/mol. The maximum atomic E-state index is 13.1. The number of carbonyl (C=O) groups excluding carboxylic acids is 2. The minimum Gasteiger partial charge on any atom is -0.497 e. The van der Waals surface area contributed by atoms with Gasteiger partial charge in [0.2, 0.25) is 0 Å². The van der Waals surface area contributed by atoms with Crippen LogP contribution in [0.25, 0.3) is 48.9 Å². The summed E-state index contributed by atoms with van der Waals surface area (Å²) in [6, 6.07) is 19.7. The van der Waals surface area contributed by atoms with Gasteiger partial charge >= 0.3 is 11.9 Å². The zero-order chi connectivity index (χ0) is 22.9. The molecule has 6 nitrogen and oxygen atoms in total. The molecule has 3 heterocycles. The van der Waals surface area contributed by atoms with Gasteiger partial charge in [-0.15, -0.1) is 0 Å². The minimum atomic E-state index is -0.585. The van der Waals surface area contributed by atoms with Crippen LogP contribution in [-0.4, -0.2) is 37.7 Å². The van der Waals surface area contributed by atoms with E-state index in [1.54, 1.807) is 7.11 Å². The smallest absolute Gasteiger partial charge is 0.340 e. The van der Waals surface area contributed by atoms with Crippen LogP contribution < -0.4 is 4.74 Å². The van der Waals surface area contributed by atoms with E-state index in [0.29, 0.717) is 11.0 Å². The van der Waals surface area contributed by atoms with E-state index in [1.165, 1.54) is 14.2 Å². The molecule has 33 heavy (non-hydrogen) atoms. The Balaban J connectivity index is 2.09. The van der Waals surface area contributed by atoms with Crippen molar-refractivity contribution in [2.75, 3.05) is 21.3 Å². The molecule has 3 aromatic heterocycles. The van der Waals surface area contributed by atoms with Crippen molar-refractivity contribution in [1.82, 2.24) is 4.40 Å². The highest BCUT2D eigenvalue weighted by atomic mass is 16.5. The molecular formula is C27H19NO5. The molecule has 0 saturated carbocycles. The Morgan fingerprint density at radius 1 is 0.606 bits per heavy atom. The molecule has 0 aliphatic rings. The van der Waals surface area contributed by atoms with Gasteiger partial charge in [-0.25, -0.2) is 9.59 Å². The van der Waals surface area contributed by atoms with Crippen molar-refractivity contribution >= 4 is 60.8 Å². The van der Waals surface area contributed by atoms with Crippen LogP contribution in [0.2, 0.25) is 0 Å². The zero-order valence-electron chi connectivity index (χ0n) is 18.3. The summed E-state index contributed by atoms with van der Waals surface area (Å²) in [4.78, 5) is 26.3. The number of pyridine rings is 2. The third-order valence-corrected chi connectivity index (χ3v) is 6.44. The molecule has 6 rings (SSSR count). The second-order valence-corrected chi connectivity index (χ2v) is 7.93. The van der Waals surface area contributed by atoms with Gasteiger partial charge in [0.1, 0.15) is 16.9 Å². The molecule has 0 aliphatic carbocycles. The minimum absolute atomic E-state index is 0.205. The number of aromatic nitrogens is 1. The summed E-state index contributed by atoms with van der Waals surface area (Å²) in [6.45, 7) is 0. The SMILES string of the molecule is COC(=O)c1c(C(=O)OC)c2c3ccccc3c3cc(OC)cc4c5ccccc5c1n2c43. The summed E-state index contributed by atoms with van der Waals surface area (Å²) >= 11 is 0. The van der Waals surface area contributed by atoms with E-state index in [1.807, 2.05) is 65.1 Å². The van der Waals surface area contributed by atoms with Crippen LogP contribution >= 0.6 is 0 Å². The summed E-state index contributed by atoms with van der Waals surface area (Å²) in [5, 5.41) is 5.49. The van der Waals surface area contributed by atoms with Gasteiger partial charge in [0.05, 0.1) is 37.9 Å². The van der Waals surface area contributed by atoms with Gasteiger partial charge in [0.25, 0.3) is 0 Å². The van der Waals surface area contributed by atoms with Crippen LogP contribution in [0.15, 0.2) is 60.7 Å². The first-order chi connectivity index (χ1) is 16.1. The Morgan fingerprint density at radius 2 is 1.03 bits per heavy atom.